The lowest BCUT2D eigenvalue weighted by atomic mass is 10.2. The average Bonchev–Trinajstić information content (AvgIpc) is 2.94. The number of primary sulfonamides is 1. The summed E-state index contributed by atoms with van der Waals surface area (Å²) in [4.78, 5) is 31.4. The Kier molecular flexibility index (Phi) is 5.50. The Morgan fingerprint density at radius 3 is 2.77 bits per heavy atom. The van der Waals surface area contributed by atoms with Crippen LogP contribution in [-0.2, 0) is 26.7 Å². The molecule has 11 heteroatoms. The van der Waals surface area contributed by atoms with Crippen molar-refractivity contribution >= 4 is 56.0 Å². The summed E-state index contributed by atoms with van der Waals surface area (Å²) in [5, 5.41) is 8.61. The van der Waals surface area contributed by atoms with Crippen LogP contribution in [0.5, 0.6) is 0 Å². The van der Waals surface area contributed by atoms with Crippen molar-refractivity contribution in [2.24, 2.45) is 12.2 Å². The highest BCUT2D eigenvalue weighted by Gasteiger charge is 2.29. The Morgan fingerprint density at radius 2 is 2.03 bits per heavy atom. The minimum atomic E-state index is -3.83. The van der Waals surface area contributed by atoms with E-state index < -0.39 is 10.0 Å². The zero-order chi connectivity index (χ0) is 22.3. The summed E-state index contributed by atoms with van der Waals surface area (Å²) in [7, 11) is -2.03. The molecule has 1 atom stereocenters. The number of thioether (sulfide) groups is 1. The normalized spacial score (nSPS) is 16.7. The molecule has 1 aliphatic heterocycles. The fourth-order valence-electron chi connectivity index (χ4n) is 3.63. The molecule has 1 aromatic heterocycles. The number of hydrogen-bond donors (Lipinski definition) is 2. The Balaban J connectivity index is 1.59. The van der Waals surface area contributed by atoms with E-state index in [1.165, 1.54) is 23.9 Å². The van der Waals surface area contributed by atoms with Gasteiger partial charge in [-0.15, -0.1) is 0 Å². The molecule has 2 amide bonds. The molecule has 0 bridgehead atoms. The smallest absolute Gasteiger partial charge is 0.238 e. The van der Waals surface area contributed by atoms with Crippen molar-refractivity contribution in [3.63, 3.8) is 0 Å². The number of rotatable bonds is 4. The van der Waals surface area contributed by atoms with Gasteiger partial charge < -0.3 is 14.8 Å². The maximum absolute atomic E-state index is 13.1. The number of imidazole rings is 1. The van der Waals surface area contributed by atoms with Gasteiger partial charge in [0, 0.05) is 19.5 Å². The molecule has 0 fully saturated rings. The molecule has 2 heterocycles. The van der Waals surface area contributed by atoms with E-state index in [9.17, 15) is 18.0 Å². The number of benzene rings is 2. The monoisotopic (exact) mass is 459 g/mol. The van der Waals surface area contributed by atoms with Crippen LogP contribution < -0.4 is 15.4 Å². The van der Waals surface area contributed by atoms with Crippen LogP contribution in [0.4, 0.5) is 11.4 Å². The summed E-state index contributed by atoms with van der Waals surface area (Å²) in [6.45, 7) is 1.84. The third kappa shape index (κ3) is 4.16. The van der Waals surface area contributed by atoms with Crippen molar-refractivity contribution < 1.29 is 18.0 Å². The number of para-hydroxylation sites is 2. The molecule has 0 aliphatic carbocycles. The average molecular weight is 460 g/mol. The summed E-state index contributed by atoms with van der Waals surface area (Å²) in [5.41, 5.74) is 2.47. The number of fused-ring (bicyclic) bond motifs is 2. The van der Waals surface area contributed by atoms with Crippen LogP contribution in [0.25, 0.3) is 11.0 Å². The van der Waals surface area contributed by atoms with Gasteiger partial charge in [-0.1, -0.05) is 23.9 Å². The largest absolute Gasteiger partial charge is 0.324 e. The van der Waals surface area contributed by atoms with Crippen molar-refractivity contribution in [2.75, 3.05) is 16.0 Å². The summed E-state index contributed by atoms with van der Waals surface area (Å²) in [5.74, 6) is -0.186. The van der Waals surface area contributed by atoms with Gasteiger partial charge in [0.1, 0.15) is 0 Å². The Morgan fingerprint density at radius 1 is 1.29 bits per heavy atom. The maximum atomic E-state index is 13.1. The lowest BCUT2D eigenvalue weighted by Gasteiger charge is -2.27. The van der Waals surface area contributed by atoms with Crippen LogP contribution in [0.2, 0.25) is 0 Å². The first kappa shape index (κ1) is 21.3. The molecule has 3 N–H and O–H groups in total. The number of aryl methyl sites for hydroxylation is 1. The topological polar surface area (TPSA) is 127 Å². The van der Waals surface area contributed by atoms with E-state index in [1.807, 2.05) is 25.1 Å². The highest BCUT2D eigenvalue weighted by atomic mass is 32.2. The highest BCUT2D eigenvalue weighted by Crippen LogP contribution is 2.32. The number of aromatic nitrogens is 2. The van der Waals surface area contributed by atoms with Crippen LogP contribution in [0, 0.1) is 0 Å². The zero-order valence-corrected chi connectivity index (χ0v) is 18.5. The first-order chi connectivity index (χ1) is 14.6. The summed E-state index contributed by atoms with van der Waals surface area (Å²) in [6, 6.07) is 11.4. The number of anilines is 2. The van der Waals surface area contributed by atoms with Gasteiger partial charge in [-0.3, -0.25) is 9.59 Å². The van der Waals surface area contributed by atoms with E-state index in [2.05, 4.69) is 10.3 Å². The van der Waals surface area contributed by atoms with Crippen LogP contribution in [0.15, 0.2) is 52.5 Å². The number of sulfonamides is 1. The van der Waals surface area contributed by atoms with Gasteiger partial charge in [-0.05, 0) is 37.3 Å². The van der Waals surface area contributed by atoms with E-state index in [0.29, 0.717) is 22.0 Å². The molecule has 162 valence electrons. The molecule has 0 radical (unpaired) electrons. The molecule has 3 aromatic rings. The number of nitrogens with one attached hydrogen (secondary N) is 1. The predicted molar refractivity (Wildman–Crippen MR) is 119 cm³/mol. The number of amides is 2. The van der Waals surface area contributed by atoms with Crippen molar-refractivity contribution in [1.82, 2.24) is 9.55 Å². The van der Waals surface area contributed by atoms with E-state index in [0.717, 1.165) is 5.52 Å². The van der Waals surface area contributed by atoms with Crippen molar-refractivity contribution in [2.45, 2.75) is 29.4 Å². The number of hydrogen-bond acceptors (Lipinski definition) is 6. The van der Waals surface area contributed by atoms with Gasteiger partial charge in [0.15, 0.2) is 5.16 Å². The summed E-state index contributed by atoms with van der Waals surface area (Å²) >= 11 is 1.25. The van der Waals surface area contributed by atoms with E-state index >= 15 is 0 Å². The molecule has 9 nitrogen and oxygen atoms in total. The number of nitrogens with zero attached hydrogens (tertiary/aromatic N) is 3. The molecule has 0 saturated heterocycles. The maximum Gasteiger partial charge on any atom is 0.238 e. The van der Waals surface area contributed by atoms with Crippen molar-refractivity contribution in [3.8, 4) is 0 Å². The van der Waals surface area contributed by atoms with Crippen LogP contribution in [-0.4, -0.2) is 41.6 Å². The van der Waals surface area contributed by atoms with Gasteiger partial charge >= 0.3 is 0 Å². The molecule has 0 saturated carbocycles. The summed E-state index contributed by atoms with van der Waals surface area (Å²) in [6.07, 6.45) is 0.202. The molecule has 1 aliphatic rings. The third-order valence-electron chi connectivity index (χ3n) is 5.09. The molecule has 2 aromatic carbocycles. The molecule has 31 heavy (non-hydrogen) atoms. The van der Waals surface area contributed by atoms with Crippen molar-refractivity contribution in [3.05, 3.63) is 42.5 Å². The third-order valence-corrected chi connectivity index (χ3v) is 7.02. The van der Waals surface area contributed by atoms with Crippen LogP contribution >= 0.6 is 11.8 Å². The van der Waals surface area contributed by atoms with Crippen LogP contribution in [0.3, 0.4) is 0 Å². The standard InChI is InChI=1S/C20H21N5O4S2/c1-12-9-18(26)22-14-5-3-4-6-17(14)25(12)19(27)11-30-20-23-15-10-13(31(21,28)29)7-8-16(15)24(20)2/h3-8,10,12H,9,11H2,1-2H3,(H,22,26)(H2,21,28,29)/t12-/m1/s1. The second-order valence-electron chi connectivity index (χ2n) is 7.32. The van der Waals surface area contributed by atoms with Gasteiger partial charge in [0.2, 0.25) is 21.8 Å². The minimum absolute atomic E-state index is 0.0158. The quantitative estimate of drug-likeness (QED) is 0.575. The summed E-state index contributed by atoms with van der Waals surface area (Å²) < 4.78 is 25.0. The number of carbonyl (C=O) groups is 2. The second kappa shape index (κ2) is 7.98. The lowest BCUT2D eigenvalue weighted by Crippen LogP contribution is -2.40. The molecular formula is C20H21N5O4S2. The molecule has 0 spiro atoms. The van der Waals surface area contributed by atoms with E-state index in [4.69, 9.17) is 5.14 Å². The van der Waals surface area contributed by atoms with E-state index in [-0.39, 0.29) is 34.9 Å². The molecular weight excluding hydrogens is 438 g/mol. The second-order valence-corrected chi connectivity index (χ2v) is 9.82. The van der Waals surface area contributed by atoms with Gasteiger partial charge in [0.25, 0.3) is 0 Å². The molecule has 4 rings (SSSR count). The highest BCUT2D eigenvalue weighted by molar-refractivity contribution is 7.99. The minimum Gasteiger partial charge on any atom is -0.324 e. The lowest BCUT2D eigenvalue weighted by molar-refractivity contribution is -0.117. The zero-order valence-electron chi connectivity index (χ0n) is 16.9. The SMILES string of the molecule is C[C@@H]1CC(=O)Nc2ccccc2N1C(=O)CSc1nc2cc(S(N)(=O)=O)ccc2n1C. The Labute approximate surface area is 183 Å². The van der Waals surface area contributed by atoms with Crippen molar-refractivity contribution in [1.29, 1.82) is 0 Å². The van der Waals surface area contributed by atoms with Gasteiger partial charge in [0.05, 0.1) is 33.1 Å². The fraction of sp³-hybridized carbons (Fsp3) is 0.250. The predicted octanol–water partition coefficient (Wildman–Crippen LogP) is 2.08. The number of nitrogens with two attached hydrogens (primary N) is 1. The van der Waals surface area contributed by atoms with Gasteiger partial charge in [-0.25, -0.2) is 18.5 Å². The molecule has 0 unspecified atom stereocenters. The first-order valence-corrected chi connectivity index (χ1v) is 12.0. The number of carbonyl (C=O) groups excluding carboxylic acids is 2. The van der Waals surface area contributed by atoms with Crippen LogP contribution in [0.1, 0.15) is 13.3 Å². The Bertz CT molecular complexity index is 1300. The van der Waals surface area contributed by atoms with Gasteiger partial charge in [-0.2, -0.15) is 0 Å². The fourth-order valence-corrected chi connectivity index (χ4v) is 5.01. The van der Waals surface area contributed by atoms with E-state index in [1.54, 1.807) is 28.6 Å². The first-order valence-electron chi connectivity index (χ1n) is 9.48. The Hall–Kier alpha value is -2.89.